The molecule has 0 radical (unpaired) electrons. The number of carbonyl (C=O) groups is 4. The maximum absolute atomic E-state index is 12.6. The summed E-state index contributed by atoms with van der Waals surface area (Å²) in [4.78, 5) is 49.4. The average Bonchev–Trinajstić information content (AvgIpc) is 2.50. The topological polar surface area (TPSA) is 108 Å². The molecule has 0 saturated carbocycles. The van der Waals surface area contributed by atoms with E-state index in [1.807, 2.05) is 27.7 Å². The molecule has 0 aliphatic carbocycles. The van der Waals surface area contributed by atoms with Crippen LogP contribution >= 0.6 is 0 Å². The molecule has 0 fully saturated rings. The Morgan fingerprint density at radius 3 is 1.92 bits per heavy atom. The summed E-state index contributed by atoms with van der Waals surface area (Å²) in [6, 6.07) is -2.20. The zero-order valence-electron chi connectivity index (χ0n) is 16.3. The van der Waals surface area contributed by atoms with Crippen molar-refractivity contribution < 1.29 is 19.2 Å². The van der Waals surface area contributed by atoms with E-state index in [2.05, 4.69) is 16.0 Å². The van der Waals surface area contributed by atoms with Gasteiger partial charge in [-0.2, -0.15) is 0 Å². The zero-order chi connectivity index (χ0) is 19.7. The van der Waals surface area contributed by atoms with Gasteiger partial charge in [0.1, 0.15) is 12.1 Å². The van der Waals surface area contributed by atoms with Crippen molar-refractivity contribution in [1.29, 1.82) is 0 Å². The molecule has 3 N–H and O–H groups in total. The van der Waals surface area contributed by atoms with Crippen molar-refractivity contribution in [2.45, 2.75) is 59.5 Å². The first-order valence-corrected chi connectivity index (χ1v) is 8.58. The molecule has 0 aromatic carbocycles. The summed E-state index contributed by atoms with van der Waals surface area (Å²) in [6.07, 6.45) is 0.834. The Bertz CT molecular complexity index is 491. The highest BCUT2D eigenvalue weighted by molar-refractivity contribution is 5.99. The number of amides is 5. The molecule has 0 heterocycles. The Morgan fingerprint density at radius 1 is 0.920 bits per heavy atom. The van der Waals surface area contributed by atoms with E-state index < -0.39 is 29.9 Å². The molecule has 0 saturated heterocycles. The number of hydrogen-bond donors (Lipinski definition) is 3. The fraction of sp³-hybridized carbons (Fsp3) is 0.765. The number of rotatable bonds is 8. The van der Waals surface area contributed by atoms with Gasteiger partial charge in [-0.25, -0.2) is 4.79 Å². The molecule has 144 valence electrons. The third kappa shape index (κ3) is 8.51. The molecule has 8 heteroatoms. The molecule has 0 aromatic rings. The molecule has 0 aromatic heterocycles. The van der Waals surface area contributed by atoms with Crippen LogP contribution in [0.25, 0.3) is 0 Å². The second-order valence-corrected chi connectivity index (χ2v) is 7.05. The highest BCUT2D eigenvalue weighted by Crippen LogP contribution is 2.14. The predicted octanol–water partition coefficient (Wildman–Crippen LogP) is 0.866. The third-order valence-corrected chi connectivity index (χ3v) is 3.66. The van der Waals surface area contributed by atoms with Crippen molar-refractivity contribution in [2.24, 2.45) is 11.8 Å². The van der Waals surface area contributed by atoms with Crippen molar-refractivity contribution in [3.63, 3.8) is 0 Å². The van der Waals surface area contributed by atoms with Gasteiger partial charge in [-0.15, -0.1) is 0 Å². The van der Waals surface area contributed by atoms with Crippen molar-refractivity contribution in [2.75, 3.05) is 14.1 Å². The monoisotopic (exact) mass is 356 g/mol. The minimum Gasteiger partial charge on any atom is -0.343 e. The van der Waals surface area contributed by atoms with E-state index in [4.69, 9.17) is 0 Å². The van der Waals surface area contributed by atoms with Gasteiger partial charge in [0.15, 0.2) is 0 Å². The summed E-state index contributed by atoms with van der Waals surface area (Å²) in [5.41, 5.74) is 0. The summed E-state index contributed by atoms with van der Waals surface area (Å²) >= 11 is 0. The molecule has 0 aliphatic rings. The predicted molar refractivity (Wildman–Crippen MR) is 95.7 cm³/mol. The van der Waals surface area contributed by atoms with Crippen LogP contribution in [0.3, 0.4) is 0 Å². The lowest BCUT2D eigenvalue weighted by Crippen LogP contribution is -2.54. The van der Waals surface area contributed by atoms with Crippen molar-refractivity contribution in [1.82, 2.24) is 20.9 Å². The maximum atomic E-state index is 12.6. The summed E-state index contributed by atoms with van der Waals surface area (Å²) in [6.45, 7) is 9.28. The number of nitrogens with zero attached hydrogens (tertiary/aromatic N) is 1. The highest BCUT2D eigenvalue weighted by Gasteiger charge is 2.30. The number of hydrogen-bond acceptors (Lipinski definition) is 4. The first-order valence-electron chi connectivity index (χ1n) is 8.58. The molecular formula is C17H32N4O4. The van der Waals surface area contributed by atoms with Gasteiger partial charge in [0.25, 0.3) is 0 Å². The van der Waals surface area contributed by atoms with Crippen molar-refractivity contribution in [3.05, 3.63) is 0 Å². The maximum Gasteiger partial charge on any atom is 0.321 e. The minimum atomic E-state index is -0.895. The van der Waals surface area contributed by atoms with Crippen LogP contribution in [0.1, 0.15) is 47.5 Å². The molecule has 25 heavy (non-hydrogen) atoms. The molecule has 0 bridgehead atoms. The van der Waals surface area contributed by atoms with Gasteiger partial charge < -0.3 is 15.5 Å². The molecule has 8 nitrogen and oxygen atoms in total. The van der Waals surface area contributed by atoms with Crippen LogP contribution in [0.4, 0.5) is 4.79 Å². The van der Waals surface area contributed by atoms with Crippen molar-refractivity contribution in [3.8, 4) is 0 Å². The van der Waals surface area contributed by atoms with E-state index in [-0.39, 0.29) is 17.7 Å². The number of nitrogens with one attached hydrogen (secondary N) is 3. The second-order valence-electron chi connectivity index (χ2n) is 7.05. The molecule has 5 amide bonds. The smallest absolute Gasteiger partial charge is 0.321 e. The Morgan fingerprint density at radius 2 is 1.48 bits per heavy atom. The van der Waals surface area contributed by atoms with Gasteiger partial charge >= 0.3 is 6.03 Å². The number of carbonyl (C=O) groups excluding carboxylic acids is 4. The summed E-state index contributed by atoms with van der Waals surface area (Å²) in [5.74, 6) is -0.756. The third-order valence-electron chi connectivity index (χ3n) is 3.66. The first-order chi connectivity index (χ1) is 11.5. The Hall–Kier alpha value is -2.12. The fourth-order valence-corrected chi connectivity index (χ4v) is 2.21. The average molecular weight is 356 g/mol. The lowest BCUT2D eigenvalue weighted by molar-refractivity contribution is -0.140. The molecular weight excluding hydrogens is 324 g/mol. The zero-order valence-corrected chi connectivity index (χ0v) is 16.3. The van der Waals surface area contributed by atoms with Crippen LogP contribution in [0.15, 0.2) is 0 Å². The van der Waals surface area contributed by atoms with Crippen molar-refractivity contribution >= 4 is 23.8 Å². The summed E-state index contributed by atoms with van der Waals surface area (Å²) < 4.78 is 0. The fourth-order valence-electron chi connectivity index (χ4n) is 2.21. The van der Waals surface area contributed by atoms with Crippen LogP contribution in [-0.4, -0.2) is 54.8 Å². The van der Waals surface area contributed by atoms with E-state index in [1.165, 1.54) is 18.9 Å². The SMILES string of the molecule is CNC(=O)NC(=O)[C@@H](C)NC(=O)[C@H](CC(C)C)N(C)C(=O)CC(C)C. The van der Waals surface area contributed by atoms with Crippen LogP contribution in [0, 0.1) is 11.8 Å². The Kier molecular flexibility index (Phi) is 9.78. The van der Waals surface area contributed by atoms with Gasteiger partial charge in [-0.05, 0) is 25.2 Å². The van der Waals surface area contributed by atoms with Gasteiger partial charge in [-0.3, -0.25) is 19.7 Å². The first kappa shape index (κ1) is 22.9. The Labute approximate surface area is 150 Å². The molecule has 0 spiro atoms. The lowest BCUT2D eigenvalue weighted by Gasteiger charge is -2.30. The van der Waals surface area contributed by atoms with Gasteiger partial charge in [0, 0.05) is 20.5 Å². The van der Waals surface area contributed by atoms with Crippen LogP contribution in [-0.2, 0) is 14.4 Å². The standard InChI is InChI=1S/C17H32N4O4/c1-10(2)8-13(21(7)14(22)9-11(3)4)16(24)19-12(5)15(23)20-17(25)18-6/h10-13H,8-9H2,1-7H3,(H,19,24)(H2,18,20,23,25)/t12-,13+/m1/s1. The van der Waals surface area contributed by atoms with Gasteiger partial charge in [0.05, 0.1) is 0 Å². The molecule has 2 atom stereocenters. The molecule has 0 rings (SSSR count). The lowest BCUT2D eigenvalue weighted by atomic mass is 10.0. The van der Waals surface area contributed by atoms with E-state index >= 15 is 0 Å². The van der Waals surface area contributed by atoms with Gasteiger partial charge in [-0.1, -0.05) is 27.7 Å². The highest BCUT2D eigenvalue weighted by atomic mass is 16.2. The largest absolute Gasteiger partial charge is 0.343 e. The summed E-state index contributed by atoms with van der Waals surface area (Å²) in [7, 11) is 2.99. The molecule has 0 aliphatic heterocycles. The number of likely N-dealkylation sites (N-methyl/N-ethyl adjacent to an activating group) is 1. The van der Waals surface area contributed by atoms with E-state index in [0.717, 1.165) is 0 Å². The second kappa shape index (κ2) is 10.7. The van der Waals surface area contributed by atoms with Crippen LogP contribution in [0.2, 0.25) is 0 Å². The molecule has 0 unspecified atom stereocenters. The minimum absolute atomic E-state index is 0.113. The van der Waals surface area contributed by atoms with E-state index in [0.29, 0.717) is 12.8 Å². The van der Waals surface area contributed by atoms with Gasteiger partial charge in [0.2, 0.25) is 17.7 Å². The quantitative estimate of drug-likeness (QED) is 0.599. The van der Waals surface area contributed by atoms with E-state index in [9.17, 15) is 19.2 Å². The van der Waals surface area contributed by atoms with E-state index in [1.54, 1.807) is 7.05 Å². The summed E-state index contributed by atoms with van der Waals surface area (Å²) in [5, 5.41) is 6.95. The number of imide groups is 1. The van der Waals surface area contributed by atoms with Crippen LogP contribution < -0.4 is 16.0 Å². The Balaban J connectivity index is 5.02. The number of urea groups is 1. The van der Waals surface area contributed by atoms with Crippen LogP contribution in [0.5, 0.6) is 0 Å². The normalized spacial score (nSPS) is 13.2.